The fraction of sp³-hybridized carbons (Fsp3) is 0. The number of benzene rings is 8. The first kappa shape index (κ1) is 30.3. The van der Waals surface area contributed by atoms with Crippen LogP contribution in [0.3, 0.4) is 0 Å². The van der Waals surface area contributed by atoms with Crippen molar-refractivity contribution in [3.05, 3.63) is 176 Å². The van der Waals surface area contributed by atoms with Crippen LogP contribution in [0, 0.1) is 0 Å². The lowest BCUT2D eigenvalue weighted by Gasteiger charge is -2.12. The van der Waals surface area contributed by atoms with E-state index < -0.39 is 0 Å². The minimum absolute atomic E-state index is 0.562. The highest BCUT2D eigenvalue weighted by Gasteiger charge is 2.23. The van der Waals surface area contributed by atoms with Crippen molar-refractivity contribution in [1.82, 2.24) is 15.0 Å². The van der Waals surface area contributed by atoms with Crippen molar-refractivity contribution in [3.63, 3.8) is 0 Å². The summed E-state index contributed by atoms with van der Waals surface area (Å²) in [5.41, 5.74) is 10.0. The summed E-state index contributed by atoms with van der Waals surface area (Å²) in [6.07, 6.45) is 0. The van der Waals surface area contributed by atoms with Gasteiger partial charge in [-0.2, -0.15) is 0 Å². The van der Waals surface area contributed by atoms with Gasteiger partial charge in [-0.25, -0.2) is 15.0 Å². The minimum Gasteiger partial charge on any atom is -0.455 e. The number of hydrogen-bond acceptors (Lipinski definition) is 5. The van der Waals surface area contributed by atoms with Gasteiger partial charge in [-0.15, -0.1) is 0 Å². The van der Waals surface area contributed by atoms with Crippen LogP contribution in [0.25, 0.3) is 111 Å². The monoisotopic (exact) mass is 691 g/mol. The van der Waals surface area contributed by atoms with E-state index in [0.29, 0.717) is 17.5 Å². The topological polar surface area (TPSA) is 65.0 Å². The first-order valence-corrected chi connectivity index (χ1v) is 18.0. The number of para-hydroxylation sites is 2. The first-order valence-electron chi connectivity index (χ1n) is 18.0. The molecule has 0 aliphatic carbocycles. The number of fused-ring (bicyclic) bond motifs is 7. The molecule has 8 aromatic carbocycles. The first-order chi connectivity index (χ1) is 26.8. The van der Waals surface area contributed by atoms with Gasteiger partial charge in [0.05, 0.1) is 0 Å². The number of nitrogens with zero attached hydrogens (tertiary/aromatic N) is 3. The van der Waals surface area contributed by atoms with Crippen LogP contribution in [0.5, 0.6) is 0 Å². The molecule has 0 radical (unpaired) electrons. The second kappa shape index (κ2) is 12.1. The van der Waals surface area contributed by atoms with Gasteiger partial charge in [0.2, 0.25) is 0 Å². The molecule has 0 aliphatic rings. The molecule has 3 aromatic heterocycles. The molecule has 0 saturated carbocycles. The van der Waals surface area contributed by atoms with Crippen molar-refractivity contribution in [3.8, 4) is 56.4 Å². The summed E-state index contributed by atoms with van der Waals surface area (Å²) in [7, 11) is 0. The van der Waals surface area contributed by atoms with Crippen molar-refractivity contribution in [2.24, 2.45) is 0 Å². The Hall–Kier alpha value is -7.37. The predicted molar refractivity (Wildman–Crippen MR) is 219 cm³/mol. The maximum absolute atomic E-state index is 6.65. The Balaban J connectivity index is 1.22. The third kappa shape index (κ3) is 4.83. The number of aromatic nitrogens is 3. The summed E-state index contributed by atoms with van der Waals surface area (Å²) in [4.78, 5) is 15.8. The largest absolute Gasteiger partial charge is 0.455 e. The van der Waals surface area contributed by atoms with E-state index in [0.717, 1.165) is 93.6 Å². The van der Waals surface area contributed by atoms with E-state index in [1.54, 1.807) is 0 Å². The average Bonchev–Trinajstić information content (AvgIpc) is 3.83. The molecule has 0 N–H and O–H groups in total. The normalized spacial score (nSPS) is 11.7. The van der Waals surface area contributed by atoms with Crippen LogP contribution in [-0.2, 0) is 0 Å². The number of furan rings is 2. The summed E-state index contributed by atoms with van der Waals surface area (Å²) in [6.45, 7) is 0. The third-order valence-corrected chi connectivity index (χ3v) is 10.3. The Labute approximate surface area is 309 Å². The van der Waals surface area contributed by atoms with E-state index in [2.05, 4.69) is 127 Å². The van der Waals surface area contributed by atoms with E-state index in [9.17, 15) is 0 Å². The van der Waals surface area contributed by atoms with Crippen molar-refractivity contribution >= 4 is 54.6 Å². The molecule has 5 heteroatoms. The maximum Gasteiger partial charge on any atom is 0.164 e. The van der Waals surface area contributed by atoms with Gasteiger partial charge in [-0.1, -0.05) is 133 Å². The second-order valence-electron chi connectivity index (χ2n) is 13.5. The van der Waals surface area contributed by atoms with E-state index >= 15 is 0 Å². The third-order valence-electron chi connectivity index (χ3n) is 10.3. The molecule has 252 valence electrons. The molecule has 11 rings (SSSR count). The van der Waals surface area contributed by atoms with Gasteiger partial charge in [0.1, 0.15) is 22.3 Å². The van der Waals surface area contributed by atoms with Crippen LogP contribution in [0.1, 0.15) is 0 Å². The molecule has 0 unspecified atom stereocenters. The zero-order chi connectivity index (χ0) is 35.6. The fourth-order valence-electron chi connectivity index (χ4n) is 7.79. The van der Waals surface area contributed by atoms with Crippen molar-refractivity contribution in [2.45, 2.75) is 0 Å². The SMILES string of the molecule is c1ccc(-c2ccc(-c3nc(-c4ccc5ccccc5c4)nc(-c4ccc(-c5ccccc5)c5oc6ccccc6c45)n3)c3c2oc2ccccc23)cc1. The average molecular weight is 692 g/mol. The van der Waals surface area contributed by atoms with Gasteiger partial charge in [0.15, 0.2) is 17.5 Å². The lowest BCUT2D eigenvalue weighted by molar-refractivity contribution is 0.669. The molecule has 0 aliphatic heterocycles. The maximum atomic E-state index is 6.65. The summed E-state index contributed by atoms with van der Waals surface area (Å²) >= 11 is 0. The van der Waals surface area contributed by atoms with Crippen LogP contribution in [0.4, 0.5) is 0 Å². The van der Waals surface area contributed by atoms with Crippen molar-refractivity contribution in [2.75, 3.05) is 0 Å². The lowest BCUT2D eigenvalue weighted by atomic mass is 9.97. The second-order valence-corrected chi connectivity index (χ2v) is 13.5. The van der Waals surface area contributed by atoms with Crippen molar-refractivity contribution in [1.29, 1.82) is 0 Å². The van der Waals surface area contributed by atoms with Gasteiger partial charge >= 0.3 is 0 Å². The highest BCUT2D eigenvalue weighted by molar-refractivity contribution is 6.17. The smallest absolute Gasteiger partial charge is 0.164 e. The molecule has 0 atom stereocenters. The van der Waals surface area contributed by atoms with E-state index in [1.165, 1.54) is 0 Å². The number of rotatable bonds is 5. The van der Waals surface area contributed by atoms with Crippen LogP contribution >= 0.6 is 0 Å². The molecule has 5 nitrogen and oxygen atoms in total. The van der Waals surface area contributed by atoms with Gasteiger partial charge < -0.3 is 8.83 Å². The molecular formula is C49H29N3O2. The standard InChI is InChI=1S/C49H29N3O2/c1-3-14-31(15-4-1)35-25-27-39(43-37-19-9-11-21-41(37)53-45(35)43)48-50-47(34-24-23-30-13-7-8-18-33(30)29-34)51-49(52-48)40-28-26-36(32-16-5-2-6-17-32)46-44(40)38-20-10-12-22-42(38)54-46/h1-29H. The Morgan fingerprint density at radius 3 is 1.31 bits per heavy atom. The summed E-state index contributed by atoms with van der Waals surface area (Å²) < 4.78 is 13.3. The molecule has 0 saturated heterocycles. The van der Waals surface area contributed by atoms with Crippen LogP contribution < -0.4 is 0 Å². The van der Waals surface area contributed by atoms with Crippen LogP contribution in [0.2, 0.25) is 0 Å². The zero-order valence-corrected chi connectivity index (χ0v) is 28.9. The lowest BCUT2D eigenvalue weighted by Crippen LogP contribution is -2.01. The van der Waals surface area contributed by atoms with E-state index in [1.807, 2.05) is 48.5 Å². The molecule has 3 heterocycles. The summed E-state index contributed by atoms with van der Waals surface area (Å²) in [5, 5.41) is 6.21. The molecule has 0 spiro atoms. The van der Waals surface area contributed by atoms with Gasteiger partial charge in [-0.3, -0.25) is 0 Å². The molecule has 0 amide bonds. The van der Waals surface area contributed by atoms with Gasteiger partial charge in [-0.05, 0) is 64.4 Å². The zero-order valence-electron chi connectivity index (χ0n) is 28.9. The number of hydrogen-bond donors (Lipinski definition) is 0. The Morgan fingerprint density at radius 2 is 0.759 bits per heavy atom. The van der Waals surface area contributed by atoms with E-state index in [-0.39, 0.29) is 0 Å². The Morgan fingerprint density at radius 1 is 0.315 bits per heavy atom. The molecule has 54 heavy (non-hydrogen) atoms. The highest BCUT2D eigenvalue weighted by Crippen LogP contribution is 2.44. The predicted octanol–water partition coefficient (Wildman–Crippen LogP) is 13.2. The van der Waals surface area contributed by atoms with Gasteiger partial charge in [0.25, 0.3) is 0 Å². The minimum atomic E-state index is 0.562. The van der Waals surface area contributed by atoms with Crippen molar-refractivity contribution < 1.29 is 8.83 Å². The highest BCUT2D eigenvalue weighted by atomic mass is 16.3. The van der Waals surface area contributed by atoms with Crippen LogP contribution in [0.15, 0.2) is 185 Å². The molecular weight excluding hydrogens is 663 g/mol. The quantitative estimate of drug-likeness (QED) is 0.180. The summed E-state index contributed by atoms with van der Waals surface area (Å²) in [5.74, 6) is 1.71. The van der Waals surface area contributed by atoms with Gasteiger partial charge in [0, 0.05) is 49.4 Å². The Bertz CT molecular complexity index is 3040. The molecule has 11 aromatic rings. The summed E-state index contributed by atoms with van der Waals surface area (Å²) in [6, 6.07) is 60.3. The van der Waals surface area contributed by atoms with E-state index in [4.69, 9.17) is 23.8 Å². The molecule has 0 fully saturated rings. The Kier molecular flexibility index (Phi) is 6.79. The molecule has 0 bridgehead atoms. The fourth-order valence-corrected chi connectivity index (χ4v) is 7.79. The van der Waals surface area contributed by atoms with Crippen LogP contribution in [-0.4, -0.2) is 15.0 Å².